The van der Waals surface area contributed by atoms with Crippen LogP contribution >= 0.6 is 0 Å². The van der Waals surface area contributed by atoms with Crippen LogP contribution in [0, 0.1) is 23.7 Å². The van der Waals surface area contributed by atoms with Crippen molar-refractivity contribution >= 4 is 36.1 Å². The molecule has 386 valence electrons. The third-order valence-electron chi connectivity index (χ3n) is 14.1. The number of amides is 3. The van der Waals surface area contributed by atoms with E-state index in [0.29, 0.717) is 17.8 Å². The summed E-state index contributed by atoms with van der Waals surface area (Å²) in [5.41, 5.74) is -0.881. The fourth-order valence-electron chi connectivity index (χ4n) is 10.2. The highest BCUT2D eigenvalue weighted by Gasteiger charge is 2.58. The van der Waals surface area contributed by atoms with Crippen molar-refractivity contribution < 1.29 is 57.5 Å². The highest BCUT2D eigenvalue weighted by Crippen LogP contribution is 2.42. The fraction of sp³-hybridized carbons (Fsp3) is 0.577. The summed E-state index contributed by atoms with van der Waals surface area (Å²) in [6, 6.07) is 11.5. The first-order valence-corrected chi connectivity index (χ1v) is 24.4. The number of nitrogens with one attached hydrogen (secondary N) is 2. The van der Waals surface area contributed by atoms with Gasteiger partial charge in [0.2, 0.25) is 0 Å². The number of hydrogen-bond donors (Lipinski definition) is 3. The average Bonchev–Trinajstić information content (AvgIpc) is 3.66. The largest absolute Gasteiger partial charge is 0.458 e. The van der Waals surface area contributed by atoms with Crippen molar-refractivity contribution in [2.24, 2.45) is 23.7 Å². The molecule has 0 spiro atoms. The van der Waals surface area contributed by atoms with E-state index in [1.54, 1.807) is 105 Å². The Morgan fingerprint density at radius 2 is 1.68 bits per heavy atom. The lowest BCUT2D eigenvalue weighted by molar-refractivity contribution is -0.298. The van der Waals surface area contributed by atoms with E-state index in [4.69, 9.17) is 28.4 Å². The van der Waals surface area contributed by atoms with Crippen LogP contribution in [0.15, 0.2) is 73.3 Å². The van der Waals surface area contributed by atoms with Gasteiger partial charge < -0.3 is 54.0 Å². The number of esters is 1. The van der Waals surface area contributed by atoms with E-state index < -0.39 is 108 Å². The van der Waals surface area contributed by atoms with Crippen molar-refractivity contribution in [3.05, 3.63) is 84.5 Å². The quantitative estimate of drug-likeness (QED) is 0.136. The third kappa shape index (κ3) is 12.9. The monoisotopic (exact) mass is 986 g/mol. The van der Waals surface area contributed by atoms with Crippen molar-refractivity contribution in [2.75, 3.05) is 27.7 Å². The number of aliphatic hydroxyl groups is 1. The molecule has 3 N–H and O–H groups in total. The zero-order valence-corrected chi connectivity index (χ0v) is 42.6. The molecule has 0 unspecified atom stereocenters. The van der Waals surface area contributed by atoms with Crippen LogP contribution in [0.25, 0.3) is 17.5 Å². The average molecular weight is 986 g/mol. The Morgan fingerprint density at radius 3 is 2.32 bits per heavy atom. The number of nitrogens with zero attached hydrogens (tertiary/aromatic N) is 5. The number of Topliss-reactive ketones (excluding diaryl/α,β-unsaturated/α-hetero) is 1. The molecule has 2 aromatic heterocycles. The molecule has 3 amide bonds. The molecule has 19 heteroatoms. The van der Waals surface area contributed by atoms with Crippen LogP contribution < -0.4 is 10.6 Å². The van der Waals surface area contributed by atoms with Crippen LogP contribution in [0.3, 0.4) is 0 Å². The number of rotatable bonds is 12. The van der Waals surface area contributed by atoms with Gasteiger partial charge in [0.1, 0.15) is 35.8 Å². The number of carbonyl (C=O) groups is 5. The summed E-state index contributed by atoms with van der Waals surface area (Å²) >= 11 is 0. The molecule has 3 aliphatic rings. The molecule has 19 nitrogen and oxygen atoms in total. The normalized spacial score (nSPS) is 32.7. The van der Waals surface area contributed by atoms with Crippen LogP contribution in [-0.2, 0) is 44.6 Å². The summed E-state index contributed by atoms with van der Waals surface area (Å²) in [4.78, 5) is 87.0. The number of likely N-dealkylation sites (N-methyl/N-ethyl adjacent to an activating group) is 1. The van der Waals surface area contributed by atoms with Gasteiger partial charge in [-0.15, -0.1) is 0 Å². The maximum absolute atomic E-state index is 14.8. The Bertz CT molecular complexity index is 2330. The first kappa shape index (κ1) is 54.3. The molecule has 0 radical (unpaired) electrons. The highest BCUT2D eigenvalue weighted by atomic mass is 16.7. The second-order valence-electron chi connectivity index (χ2n) is 19.8. The van der Waals surface area contributed by atoms with Crippen LogP contribution in [-0.4, -0.2) is 148 Å². The number of ketones is 1. The molecule has 6 rings (SSSR count). The molecule has 14 atom stereocenters. The van der Waals surface area contributed by atoms with Gasteiger partial charge in [-0.1, -0.05) is 70.2 Å². The number of cyclic esters (lactones) is 1. The Labute approximate surface area is 416 Å². The molecule has 1 aromatic carbocycles. The number of ether oxygens (including phenoxy) is 6. The van der Waals surface area contributed by atoms with Gasteiger partial charge in [0.25, 0.3) is 0 Å². The van der Waals surface area contributed by atoms with Gasteiger partial charge >= 0.3 is 24.2 Å². The Kier molecular flexibility index (Phi) is 18.0. The SMILES string of the molecule is CC[C@H]1OC(=O)[C@H](C)[C@@H](OC(=O)N(C)Cc2cccnc2)[C@H](C)[C@@H](O[C@@H]2O[C@H](C)C[C@H](N(C)C)[C@H]2O)[C@](C)(OC(=O)NC/C=C/c2ccc(-c3ncccn3)cc2)C[C@@H](C)C(=O)[C@H](C)[C@H]2NC(=O)O[C@@]21C. The maximum atomic E-state index is 14.8. The van der Waals surface area contributed by atoms with Crippen molar-refractivity contribution in [2.45, 2.75) is 141 Å². The topological polar surface area (TPSA) is 230 Å². The number of carbonyl (C=O) groups excluding carboxylic acids is 5. The Morgan fingerprint density at radius 1 is 0.972 bits per heavy atom. The lowest BCUT2D eigenvalue weighted by Crippen LogP contribution is -2.61. The van der Waals surface area contributed by atoms with E-state index in [2.05, 4.69) is 25.6 Å². The van der Waals surface area contributed by atoms with E-state index in [1.807, 2.05) is 56.3 Å². The van der Waals surface area contributed by atoms with Gasteiger partial charge in [-0.2, -0.15) is 0 Å². The minimum absolute atomic E-state index is 0.0302. The molecule has 3 fully saturated rings. The summed E-state index contributed by atoms with van der Waals surface area (Å²) < 4.78 is 38.2. The minimum Gasteiger partial charge on any atom is -0.458 e. The third-order valence-corrected chi connectivity index (χ3v) is 14.1. The summed E-state index contributed by atoms with van der Waals surface area (Å²) in [6.07, 6.45) is 1.49. The van der Waals surface area contributed by atoms with Gasteiger partial charge in [0.15, 0.2) is 17.7 Å². The van der Waals surface area contributed by atoms with Crippen molar-refractivity contribution in [1.82, 2.24) is 35.4 Å². The maximum Gasteiger partial charge on any atom is 0.410 e. The summed E-state index contributed by atoms with van der Waals surface area (Å²) in [6.45, 7) is 13.6. The molecule has 3 saturated heterocycles. The first-order valence-electron chi connectivity index (χ1n) is 24.4. The van der Waals surface area contributed by atoms with Gasteiger partial charge in [-0.25, -0.2) is 24.4 Å². The predicted molar refractivity (Wildman–Crippen MR) is 261 cm³/mol. The number of aromatic nitrogens is 3. The van der Waals surface area contributed by atoms with Crippen molar-refractivity contribution in [3.8, 4) is 11.4 Å². The first-order chi connectivity index (χ1) is 33.6. The van der Waals surface area contributed by atoms with E-state index in [-0.39, 0.29) is 31.7 Å². The number of alkyl carbamates (subject to hydrolysis) is 2. The van der Waals surface area contributed by atoms with E-state index in [1.165, 1.54) is 4.90 Å². The van der Waals surface area contributed by atoms with Gasteiger partial charge in [0.05, 0.1) is 24.6 Å². The lowest BCUT2D eigenvalue weighted by atomic mass is 9.73. The van der Waals surface area contributed by atoms with E-state index in [9.17, 15) is 29.1 Å². The molecule has 3 aromatic rings. The summed E-state index contributed by atoms with van der Waals surface area (Å²) in [7, 11) is 5.21. The second kappa shape index (κ2) is 23.5. The second-order valence-corrected chi connectivity index (χ2v) is 19.8. The van der Waals surface area contributed by atoms with Crippen molar-refractivity contribution in [1.29, 1.82) is 0 Å². The predicted octanol–water partition coefficient (Wildman–Crippen LogP) is 6.19. The van der Waals surface area contributed by atoms with Crippen LogP contribution in [0.5, 0.6) is 0 Å². The Hall–Kier alpha value is -6.02. The number of fused-ring (bicyclic) bond motifs is 1. The lowest BCUT2D eigenvalue weighted by Gasteiger charge is -2.48. The standard InChI is InChI=1S/C52H71N7O12/c1-12-39-52(8)43(57-49(64)71-52)32(4)40(60)30(2)27-51(7,70-48(63)56-23-14-16-35-18-20-37(21-19-35)45-54-24-15-25-55-45)44(69-47-41(61)38(58(9)10)26-31(3)66-47)33(5)42(34(6)46(62)67-39)68-50(65)59(11)29-36-17-13-22-53-28-36/h13-22,24-25,28,30-34,38-39,41-44,47,61H,12,23,26-27,29H2,1-11H3,(H,56,63)(H,57,64)/b16-14+/t30-,31-,32+,33+,34-,38+,39-,41-,42+,43-,44-,47+,51-,52-/m1/s1. The number of benzene rings is 1. The van der Waals surface area contributed by atoms with Crippen LogP contribution in [0.2, 0.25) is 0 Å². The Balaban J connectivity index is 1.40. The smallest absolute Gasteiger partial charge is 0.410 e. The van der Waals surface area contributed by atoms with E-state index >= 15 is 0 Å². The molecular formula is C52H71N7O12. The molecule has 5 heterocycles. The van der Waals surface area contributed by atoms with Crippen LogP contribution in [0.1, 0.15) is 85.8 Å². The molecule has 3 aliphatic heterocycles. The van der Waals surface area contributed by atoms with Gasteiger partial charge in [-0.05, 0) is 84.3 Å². The molecular weight excluding hydrogens is 915 g/mol. The van der Waals surface area contributed by atoms with Gasteiger partial charge in [-0.3, -0.25) is 14.6 Å². The van der Waals surface area contributed by atoms with Gasteiger partial charge in [0, 0.05) is 67.7 Å². The highest BCUT2D eigenvalue weighted by molar-refractivity contribution is 5.85. The van der Waals surface area contributed by atoms with Crippen molar-refractivity contribution in [3.63, 3.8) is 0 Å². The summed E-state index contributed by atoms with van der Waals surface area (Å²) in [5.74, 6) is -4.58. The zero-order chi connectivity index (χ0) is 51.8. The number of aliphatic hydroxyl groups excluding tert-OH is 1. The summed E-state index contributed by atoms with van der Waals surface area (Å²) in [5, 5.41) is 17.5. The number of pyridine rings is 1. The molecule has 0 aliphatic carbocycles. The molecule has 0 bridgehead atoms. The molecule has 71 heavy (non-hydrogen) atoms. The van der Waals surface area contributed by atoms with Crippen LogP contribution in [0.4, 0.5) is 14.4 Å². The molecule has 0 saturated carbocycles. The zero-order valence-electron chi connectivity index (χ0n) is 42.6. The minimum atomic E-state index is -1.79. The number of hydrogen-bond acceptors (Lipinski definition) is 16. The fourth-order valence-corrected chi connectivity index (χ4v) is 10.2. The van der Waals surface area contributed by atoms with E-state index in [0.717, 1.165) is 11.1 Å².